The van der Waals surface area contributed by atoms with Crippen molar-refractivity contribution in [1.29, 1.82) is 0 Å². The lowest BCUT2D eigenvalue weighted by Crippen LogP contribution is -2.35. The zero-order valence-corrected chi connectivity index (χ0v) is 15.2. The van der Waals surface area contributed by atoms with Gasteiger partial charge in [-0.1, -0.05) is 30.3 Å². The van der Waals surface area contributed by atoms with Crippen LogP contribution < -0.4 is 0 Å². The number of carbonyl (C=O) groups excluding carboxylic acids is 1. The van der Waals surface area contributed by atoms with Crippen LogP contribution in [0, 0.1) is 0 Å². The van der Waals surface area contributed by atoms with Crippen LogP contribution in [-0.4, -0.2) is 48.0 Å². The Labute approximate surface area is 156 Å². The van der Waals surface area contributed by atoms with Crippen LogP contribution in [0.4, 0.5) is 0 Å². The number of benzene rings is 1. The van der Waals surface area contributed by atoms with Crippen molar-refractivity contribution in [1.82, 2.24) is 24.5 Å². The molecule has 8 heteroatoms. The van der Waals surface area contributed by atoms with E-state index in [0.29, 0.717) is 13.0 Å². The number of carboxylic acids is 1. The minimum atomic E-state index is -1.17. The zero-order chi connectivity index (χ0) is 19.4. The van der Waals surface area contributed by atoms with Crippen molar-refractivity contribution in [2.75, 3.05) is 6.54 Å². The van der Waals surface area contributed by atoms with Crippen LogP contribution in [0.15, 0.2) is 48.8 Å². The highest BCUT2D eigenvalue weighted by Crippen LogP contribution is 2.14. The van der Waals surface area contributed by atoms with Crippen molar-refractivity contribution in [2.45, 2.75) is 13.0 Å². The molecule has 2 aromatic heterocycles. The van der Waals surface area contributed by atoms with Crippen LogP contribution >= 0.6 is 0 Å². The number of carbonyl (C=O) groups is 2. The first-order valence-electron chi connectivity index (χ1n) is 8.52. The Morgan fingerprint density at radius 2 is 1.89 bits per heavy atom. The van der Waals surface area contributed by atoms with Gasteiger partial charge in [0, 0.05) is 26.8 Å². The maximum atomic E-state index is 13.2. The molecule has 0 aliphatic rings. The second-order valence-corrected chi connectivity index (χ2v) is 6.28. The lowest BCUT2D eigenvalue weighted by atomic mass is 10.1. The summed E-state index contributed by atoms with van der Waals surface area (Å²) in [4.78, 5) is 26.2. The fraction of sp³-hybridized carbons (Fsp3) is 0.263. The number of aromatic nitrogens is 4. The molecule has 27 heavy (non-hydrogen) atoms. The predicted molar refractivity (Wildman–Crippen MR) is 98.3 cm³/mol. The monoisotopic (exact) mass is 367 g/mol. The molecule has 8 nitrogen and oxygen atoms in total. The molecule has 0 unspecified atom stereocenters. The van der Waals surface area contributed by atoms with Crippen molar-refractivity contribution in [2.24, 2.45) is 14.1 Å². The number of hydrogen-bond acceptors (Lipinski definition) is 4. The van der Waals surface area contributed by atoms with Gasteiger partial charge in [0.05, 0.1) is 18.4 Å². The molecule has 1 aromatic carbocycles. The molecular weight excluding hydrogens is 346 g/mol. The Balaban J connectivity index is 1.87. The molecule has 0 saturated heterocycles. The largest absolute Gasteiger partial charge is 0.478 e. The molecule has 3 aromatic rings. The topological polar surface area (TPSA) is 93.3 Å². The van der Waals surface area contributed by atoms with Gasteiger partial charge in [0.25, 0.3) is 5.91 Å². The van der Waals surface area contributed by atoms with Gasteiger partial charge in [0.15, 0.2) is 0 Å². The SMILES string of the molecule is Cn1ccc(CN(CCc2ccccc2)C(=O)c2c(C(=O)O)cnn2C)n1. The maximum Gasteiger partial charge on any atom is 0.339 e. The van der Waals surface area contributed by atoms with E-state index in [1.54, 1.807) is 16.6 Å². The zero-order valence-electron chi connectivity index (χ0n) is 15.2. The second kappa shape index (κ2) is 7.86. The van der Waals surface area contributed by atoms with E-state index in [1.165, 1.54) is 10.9 Å². The molecule has 0 aliphatic heterocycles. The molecule has 1 N–H and O–H groups in total. The van der Waals surface area contributed by atoms with E-state index < -0.39 is 5.97 Å². The summed E-state index contributed by atoms with van der Waals surface area (Å²) in [6.07, 6.45) is 3.66. The number of hydrogen-bond donors (Lipinski definition) is 1. The van der Waals surface area contributed by atoms with Gasteiger partial charge in [-0.05, 0) is 18.1 Å². The fourth-order valence-corrected chi connectivity index (χ4v) is 2.90. The summed E-state index contributed by atoms with van der Waals surface area (Å²) in [5, 5.41) is 17.6. The van der Waals surface area contributed by atoms with E-state index in [4.69, 9.17) is 0 Å². The number of aryl methyl sites for hydroxylation is 2. The van der Waals surface area contributed by atoms with Crippen LogP contribution in [0.25, 0.3) is 0 Å². The van der Waals surface area contributed by atoms with E-state index in [-0.39, 0.29) is 23.7 Å². The Morgan fingerprint density at radius 3 is 2.52 bits per heavy atom. The molecule has 0 bridgehead atoms. The number of amides is 1. The molecule has 2 heterocycles. The van der Waals surface area contributed by atoms with Crippen molar-refractivity contribution < 1.29 is 14.7 Å². The summed E-state index contributed by atoms with van der Waals surface area (Å²) in [7, 11) is 3.37. The molecule has 0 saturated carbocycles. The summed E-state index contributed by atoms with van der Waals surface area (Å²) in [5.41, 5.74) is 1.79. The minimum Gasteiger partial charge on any atom is -0.478 e. The molecule has 0 atom stereocenters. The third-order valence-electron chi connectivity index (χ3n) is 4.29. The Kier molecular flexibility index (Phi) is 5.35. The third kappa shape index (κ3) is 4.22. The van der Waals surface area contributed by atoms with E-state index in [0.717, 1.165) is 11.3 Å². The number of nitrogens with zero attached hydrogens (tertiary/aromatic N) is 5. The highest BCUT2D eigenvalue weighted by atomic mass is 16.4. The van der Waals surface area contributed by atoms with Crippen LogP contribution in [0.2, 0.25) is 0 Å². The first kappa shape index (κ1) is 18.4. The molecule has 140 valence electrons. The molecule has 0 aliphatic carbocycles. The highest BCUT2D eigenvalue weighted by molar-refractivity contribution is 6.03. The van der Waals surface area contributed by atoms with Gasteiger partial charge >= 0.3 is 5.97 Å². The molecule has 0 radical (unpaired) electrons. The molecule has 1 amide bonds. The van der Waals surface area contributed by atoms with Gasteiger partial charge in [-0.15, -0.1) is 0 Å². The van der Waals surface area contributed by atoms with Gasteiger partial charge in [-0.25, -0.2) is 4.79 Å². The minimum absolute atomic E-state index is 0.0616. The van der Waals surface area contributed by atoms with Gasteiger partial charge in [-0.3, -0.25) is 14.2 Å². The first-order valence-corrected chi connectivity index (χ1v) is 8.52. The third-order valence-corrected chi connectivity index (χ3v) is 4.29. The maximum absolute atomic E-state index is 13.2. The van der Waals surface area contributed by atoms with E-state index in [9.17, 15) is 14.7 Å². The van der Waals surface area contributed by atoms with Crippen molar-refractivity contribution in [3.05, 3.63) is 71.3 Å². The second-order valence-electron chi connectivity index (χ2n) is 6.28. The van der Waals surface area contributed by atoms with Crippen LogP contribution in [-0.2, 0) is 27.1 Å². The summed E-state index contributed by atoms with van der Waals surface area (Å²) in [6.45, 7) is 0.723. The summed E-state index contributed by atoms with van der Waals surface area (Å²) in [6, 6.07) is 11.7. The predicted octanol–water partition coefficient (Wildman–Crippen LogP) is 1.74. The number of rotatable bonds is 7. The Bertz CT molecular complexity index is 945. The van der Waals surface area contributed by atoms with E-state index >= 15 is 0 Å². The average Bonchev–Trinajstić information content (AvgIpc) is 3.24. The van der Waals surface area contributed by atoms with Crippen LogP contribution in [0.3, 0.4) is 0 Å². The highest BCUT2D eigenvalue weighted by Gasteiger charge is 2.26. The van der Waals surface area contributed by atoms with Gasteiger partial charge in [-0.2, -0.15) is 10.2 Å². The standard InChI is InChI=1S/C19H21N5O3/c1-22-10-9-15(21-22)13-24(11-8-14-6-4-3-5-7-14)18(25)17-16(19(26)27)12-20-23(17)2/h3-7,9-10,12H,8,11,13H2,1-2H3,(H,26,27). The average molecular weight is 367 g/mol. The lowest BCUT2D eigenvalue weighted by Gasteiger charge is -2.22. The van der Waals surface area contributed by atoms with Crippen molar-refractivity contribution >= 4 is 11.9 Å². The van der Waals surface area contributed by atoms with Gasteiger partial charge < -0.3 is 10.0 Å². The lowest BCUT2D eigenvalue weighted by molar-refractivity contribution is 0.0668. The van der Waals surface area contributed by atoms with Gasteiger partial charge in [0.2, 0.25) is 0 Å². The molecule has 0 fully saturated rings. The van der Waals surface area contributed by atoms with Gasteiger partial charge in [0.1, 0.15) is 11.3 Å². The normalized spacial score (nSPS) is 10.7. The molecule has 3 rings (SSSR count). The quantitative estimate of drug-likeness (QED) is 0.686. The fourth-order valence-electron chi connectivity index (χ4n) is 2.90. The van der Waals surface area contributed by atoms with Crippen LogP contribution in [0.1, 0.15) is 32.1 Å². The Morgan fingerprint density at radius 1 is 1.15 bits per heavy atom. The first-order chi connectivity index (χ1) is 13.0. The van der Waals surface area contributed by atoms with Crippen molar-refractivity contribution in [3.63, 3.8) is 0 Å². The van der Waals surface area contributed by atoms with Crippen LogP contribution in [0.5, 0.6) is 0 Å². The number of carboxylic acid groups (broad SMARTS) is 1. The number of aromatic carboxylic acids is 1. The smallest absolute Gasteiger partial charge is 0.339 e. The summed E-state index contributed by atoms with van der Waals surface area (Å²) >= 11 is 0. The van der Waals surface area contributed by atoms with E-state index in [1.807, 2.05) is 49.6 Å². The van der Waals surface area contributed by atoms with Crippen molar-refractivity contribution in [3.8, 4) is 0 Å². The van der Waals surface area contributed by atoms with E-state index in [2.05, 4.69) is 10.2 Å². The molecule has 0 spiro atoms. The summed E-state index contributed by atoms with van der Waals surface area (Å²) in [5.74, 6) is -1.55. The molecular formula is C19H21N5O3. The Hall–Kier alpha value is -3.42. The summed E-state index contributed by atoms with van der Waals surface area (Å²) < 4.78 is 2.97.